The number of sulfone groups is 1. The fourth-order valence-electron chi connectivity index (χ4n) is 1.48. The zero-order valence-electron chi connectivity index (χ0n) is 11.1. The van der Waals surface area contributed by atoms with Crippen molar-refractivity contribution < 1.29 is 27.8 Å². The zero-order valence-corrected chi connectivity index (χ0v) is 12.6. The summed E-state index contributed by atoms with van der Waals surface area (Å²) in [6.07, 6.45) is 1.45. The average molecular weight is 323 g/mol. The highest BCUT2D eigenvalue weighted by molar-refractivity contribution is 7.90. The van der Waals surface area contributed by atoms with E-state index in [0.29, 0.717) is 6.42 Å². The van der Waals surface area contributed by atoms with Gasteiger partial charge < -0.3 is 14.6 Å². The lowest BCUT2D eigenvalue weighted by molar-refractivity contribution is 0.0696. The maximum absolute atomic E-state index is 11.0. The van der Waals surface area contributed by atoms with Crippen LogP contribution in [0.5, 0.6) is 11.5 Å². The van der Waals surface area contributed by atoms with Crippen molar-refractivity contribution in [3.63, 3.8) is 0 Å². The molecule has 0 atom stereocenters. The van der Waals surface area contributed by atoms with Crippen LogP contribution in [0.2, 0.25) is 5.02 Å². The molecule has 1 N–H and O–H groups in total. The van der Waals surface area contributed by atoms with E-state index in [0.717, 1.165) is 6.26 Å². The quantitative estimate of drug-likeness (QED) is 0.771. The molecule has 0 unspecified atom stereocenters. The van der Waals surface area contributed by atoms with Crippen LogP contribution in [0.15, 0.2) is 12.1 Å². The Labute approximate surface area is 122 Å². The number of methoxy groups -OCH3 is 1. The fraction of sp³-hybridized carbons (Fsp3) is 0.417. The minimum absolute atomic E-state index is 0.000143. The van der Waals surface area contributed by atoms with Gasteiger partial charge in [-0.15, -0.1) is 0 Å². The number of hydrogen-bond acceptors (Lipinski definition) is 5. The molecule has 1 aromatic carbocycles. The fourth-order valence-corrected chi connectivity index (χ4v) is 2.39. The smallest absolute Gasteiger partial charge is 0.335 e. The normalized spacial score (nSPS) is 11.2. The number of halogens is 1. The number of benzene rings is 1. The van der Waals surface area contributed by atoms with E-state index in [4.69, 9.17) is 26.2 Å². The number of carbonyl (C=O) groups is 1. The number of hydrogen-bond donors (Lipinski definition) is 1. The van der Waals surface area contributed by atoms with Crippen molar-refractivity contribution in [1.82, 2.24) is 0 Å². The first kappa shape index (κ1) is 16.6. The SMILES string of the molecule is COc1cc(C(=O)O)cc(Cl)c1OCCCS(C)(=O)=O. The van der Waals surface area contributed by atoms with Crippen molar-refractivity contribution in [3.8, 4) is 11.5 Å². The Bertz CT molecular complexity index is 596. The van der Waals surface area contributed by atoms with Crippen LogP contribution in [0.25, 0.3) is 0 Å². The van der Waals surface area contributed by atoms with Crippen LogP contribution < -0.4 is 9.47 Å². The molecule has 0 bridgehead atoms. The van der Waals surface area contributed by atoms with E-state index in [1.807, 2.05) is 0 Å². The van der Waals surface area contributed by atoms with E-state index in [9.17, 15) is 13.2 Å². The van der Waals surface area contributed by atoms with Gasteiger partial charge in [-0.1, -0.05) is 11.6 Å². The molecule has 6 nitrogen and oxygen atoms in total. The van der Waals surface area contributed by atoms with E-state index in [1.54, 1.807) is 0 Å². The lowest BCUT2D eigenvalue weighted by Gasteiger charge is -2.13. The molecule has 20 heavy (non-hydrogen) atoms. The van der Waals surface area contributed by atoms with Crippen molar-refractivity contribution in [2.45, 2.75) is 6.42 Å². The van der Waals surface area contributed by atoms with Gasteiger partial charge in [0.05, 0.1) is 30.1 Å². The zero-order chi connectivity index (χ0) is 15.3. The van der Waals surface area contributed by atoms with Gasteiger partial charge >= 0.3 is 5.97 Å². The van der Waals surface area contributed by atoms with E-state index in [-0.39, 0.29) is 34.4 Å². The molecule has 8 heteroatoms. The van der Waals surface area contributed by atoms with Crippen molar-refractivity contribution in [2.24, 2.45) is 0 Å². The average Bonchev–Trinajstić information content (AvgIpc) is 2.33. The monoisotopic (exact) mass is 322 g/mol. The van der Waals surface area contributed by atoms with E-state index in [2.05, 4.69) is 0 Å². The Hall–Kier alpha value is -1.47. The summed E-state index contributed by atoms with van der Waals surface area (Å²) in [6, 6.07) is 2.54. The molecule has 112 valence electrons. The van der Waals surface area contributed by atoms with Crippen LogP contribution in [0, 0.1) is 0 Å². The van der Waals surface area contributed by atoms with Crippen molar-refractivity contribution in [3.05, 3.63) is 22.7 Å². The molecular formula is C12H15ClO6S. The number of carboxylic acids is 1. The Morgan fingerprint density at radius 1 is 1.40 bits per heavy atom. The summed E-state index contributed by atoms with van der Waals surface area (Å²) in [4.78, 5) is 10.9. The third kappa shape index (κ3) is 4.90. The van der Waals surface area contributed by atoms with Crippen LogP contribution in [-0.4, -0.2) is 45.2 Å². The topological polar surface area (TPSA) is 89.9 Å². The molecular weight excluding hydrogens is 308 g/mol. The molecule has 0 spiro atoms. The van der Waals surface area contributed by atoms with Crippen LogP contribution in [0.1, 0.15) is 16.8 Å². The molecule has 0 aliphatic rings. The van der Waals surface area contributed by atoms with Gasteiger partial charge in [0, 0.05) is 6.26 Å². The summed E-state index contributed by atoms with van der Waals surface area (Å²) < 4.78 is 32.4. The summed E-state index contributed by atoms with van der Waals surface area (Å²) >= 11 is 5.94. The molecule has 0 fully saturated rings. The summed E-state index contributed by atoms with van der Waals surface area (Å²) in [5.74, 6) is -0.740. The first-order chi connectivity index (χ1) is 9.24. The van der Waals surface area contributed by atoms with Crippen LogP contribution in [-0.2, 0) is 9.84 Å². The van der Waals surface area contributed by atoms with Crippen LogP contribution in [0.3, 0.4) is 0 Å². The predicted octanol–water partition coefficient (Wildman–Crippen LogP) is 1.86. The molecule has 0 aliphatic heterocycles. The Morgan fingerprint density at radius 3 is 2.55 bits per heavy atom. The molecule has 0 amide bonds. The minimum atomic E-state index is -3.04. The molecule has 0 saturated heterocycles. The van der Waals surface area contributed by atoms with E-state index in [1.165, 1.54) is 19.2 Å². The van der Waals surface area contributed by atoms with Crippen molar-refractivity contribution in [1.29, 1.82) is 0 Å². The second-order valence-corrected chi connectivity index (χ2v) is 6.79. The number of aromatic carboxylic acids is 1. The van der Waals surface area contributed by atoms with Gasteiger partial charge in [-0.3, -0.25) is 0 Å². The summed E-state index contributed by atoms with van der Waals surface area (Å²) in [7, 11) is -1.68. The number of rotatable bonds is 7. The Balaban J connectivity index is 2.82. The van der Waals surface area contributed by atoms with E-state index < -0.39 is 15.8 Å². The maximum Gasteiger partial charge on any atom is 0.335 e. The standard InChI is InChI=1S/C12H15ClO6S/c1-18-10-7-8(12(14)15)6-9(13)11(10)19-4-3-5-20(2,16)17/h6-7H,3-5H2,1-2H3,(H,14,15). The molecule has 0 aromatic heterocycles. The molecule has 1 aromatic rings. The van der Waals surface area contributed by atoms with Crippen molar-refractivity contribution in [2.75, 3.05) is 25.7 Å². The highest BCUT2D eigenvalue weighted by Crippen LogP contribution is 2.36. The predicted molar refractivity (Wildman–Crippen MR) is 74.8 cm³/mol. The third-order valence-electron chi connectivity index (χ3n) is 2.38. The summed E-state index contributed by atoms with van der Waals surface area (Å²) in [5.41, 5.74) is -0.0182. The molecule has 0 aliphatic carbocycles. The highest BCUT2D eigenvalue weighted by atomic mass is 35.5. The first-order valence-corrected chi connectivity index (χ1v) is 8.10. The first-order valence-electron chi connectivity index (χ1n) is 5.66. The summed E-state index contributed by atoms with van der Waals surface area (Å²) in [5, 5.41) is 9.00. The van der Waals surface area contributed by atoms with Gasteiger partial charge in [0.1, 0.15) is 9.84 Å². The van der Waals surface area contributed by atoms with Gasteiger partial charge in [-0.05, 0) is 18.6 Å². The largest absolute Gasteiger partial charge is 0.493 e. The van der Waals surface area contributed by atoms with Crippen molar-refractivity contribution >= 4 is 27.4 Å². The molecule has 0 radical (unpaired) electrons. The van der Waals surface area contributed by atoms with Gasteiger partial charge in [-0.25, -0.2) is 13.2 Å². The second-order valence-electron chi connectivity index (χ2n) is 4.13. The minimum Gasteiger partial charge on any atom is -0.493 e. The van der Waals surface area contributed by atoms with Gasteiger partial charge in [0.2, 0.25) is 0 Å². The number of carboxylic acid groups (broad SMARTS) is 1. The highest BCUT2D eigenvalue weighted by Gasteiger charge is 2.15. The molecule has 0 heterocycles. The van der Waals surface area contributed by atoms with Crippen LogP contribution in [0.4, 0.5) is 0 Å². The van der Waals surface area contributed by atoms with Gasteiger partial charge in [-0.2, -0.15) is 0 Å². The Kier molecular flexibility index (Phi) is 5.64. The second kappa shape index (κ2) is 6.81. The van der Waals surface area contributed by atoms with E-state index >= 15 is 0 Å². The lowest BCUT2D eigenvalue weighted by atomic mass is 10.2. The molecule has 1 rings (SSSR count). The summed E-state index contributed by atoms with van der Waals surface area (Å²) in [6.45, 7) is 0.134. The maximum atomic E-state index is 11.0. The van der Waals surface area contributed by atoms with Crippen LogP contribution >= 0.6 is 11.6 Å². The van der Waals surface area contributed by atoms with Gasteiger partial charge in [0.15, 0.2) is 11.5 Å². The third-order valence-corrected chi connectivity index (χ3v) is 3.69. The molecule has 0 saturated carbocycles. The number of ether oxygens (including phenoxy) is 2. The Morgan fingerprint density at radius 2 is 2.05 bits per heavy atom. The lowest BCUT2D eigenvalue weighted by Crippen LogP contribution is -2.09. The van der Waals surface area contributed by atoms with Gasteiger partial charge in [0.25, 0.3) is 0 Å².